The van der Waals surface area contributed by atoms with Gasteiger partial charge >= 0.3 is 0 Å². The molecule has 2 heterocycles. The number of thioether (sulfide) groups is 1. The Morgan fingerprint density at radius 3 is 3.00 bits per heavy atom. The molecular formula is C10H15N3S. The minimum atomic E-state index is 0.635. The first-order valence-corrected chi connectivity index (χ1v) is 5.95. The molecule has 0 saturated carbocycles. The fourth-order valence-electron chi connectivity index (χ4n) is 1.62. The molecule has 1 saturated heterocycles. The minimum absolute atomic E-state index is 0.635. The fourth-order valence-corrected chi connectivity index (χ4v) is 2.89. The average Bonchev–Trinajstić information content (AvgIpc) is 2.71. The molecule has 1 aliphatic rings. The molecule has 0 bridgehead atoms. The highest BCUT2D eigenvalue weighted by Crippen LogP contribution is 2.24. The minimum Gasteiger partial charge on any atom is -0.397 e. The maximum absolute atomic E-state index is 5.60. The molecule has 0 spiro atoms. The molecule has 0 amide bonds. The number of nitrogens with zero attached hydrogens (tertiary/aromatic N) is 2. The van der Waals surface area contributed by atoms with E-state index in [1.54, 1.807) is 6.20 Å². The van der Waals surface area contributed by atoms with Crippen LogP contribution in [0.15, 0.2) is 18.3 Å². The largest absolute Gasteiger partial charge is 0.397 e. The molecular weight excluding hydrogens is 194 g/mol. The second-order valence-corrected chi connectivity index (χ2v) is 4.73. The first-order valence-electron chi connectivity index (χ1n) is 4.79. The summed E-state index contributed by atoms with van der Waals surface area (Å²) in [6, 6.07) is 4.52. The van der Waals surface area contributed by atoms with Crippen LogP contribution in [0.3, 0.4) is 0 Å². The second kappa shape index (κ2) is 4.09. The van der Waals surface area contributed by atoms with Gasteiger partial charge in [0.2, 0.25) is 0 Å². The van der Waals surface area contributed by atoms with E-state index < -0.39 is 0 Å². The first kappa shape index (κ1) is 9.65. The van der Waals surface area contributed by atoms with Crippen molar-refractivity contribution >= 4 is 23.3 Å². The Hall–Kier alpha value is -0.900. The normalized spacial score (nSPS) is 21.1. The van der Waals surface area contributed by atoms with Crippen molar-refractivity contribution in [3.8, 4) is 0 Å². The number of anilines is 2. The summed E-state index contributed by atoms with van der Waals surface area (Å²) in [5.74, 6) is 3.50. The van der Waals surface area contributed by atoms with Crippen LogP contribution < -0.4 is 10.6 Å². The summed E-state index contributed by atoms with van der Waals surface area (Å²) in [5, 5.41) is 0. The zero-order valence-corrected chi connectivity index (χ0v) is 9.13. The van der Waals surface area contributed by atoms with E-state index in [1.165, 1.54) is 17.9 Å². The molecule has 1 fully saturated rings. The van der Waals surface area contributed by atoms with Crippen LogP contribution in [0.5, 0.6) is 0 Å². The van der Waals surface area contributed by atoms with Gasteiger partial charge in [-0.05, 0) is 24.3 Å². The number of nitrogen functional groups attached to an aromatic ring is 1. The number of hydrogen-bond donors (Lipinski definition) is 1. The molecule has 2 N–H and O–H groups in total. The monoisotopic (exact) mass is 209 g/mol. The maximum Gasteiger partial charge on any atom is 0.128 e. The van der Waals surface area contributed by atoms with Gasteiger partial charge < -0.3 is 10.6 Å². The van der Waals surface area contributed by atoms with Gasteiger partial charge in [0, 0.05) is 18.8 Å². The summed E-state index contributed by atoms with van der Waals surface area (Å²) in [6.45, 7) is 0. The lowest BCUT2D eigenvalue weighted by molar-refractivity contribution is 0.692. The van der Waals surface area contributed by atoms with Gasteiger partial charge in [0.15, 0.2) is 0 Å². The summed E-state index contributed by atoms with van der Waals surface area (Å²) in [5.41, 5.74) is 6.32. The molecule has 2 rings (SSSR count). The highest BCUT2D eigenvalue weighted by Gasteiger charge is 2.20. The summed E-state index contributed by atoms with van der Waals surface area (Å²) in [6.07, 6.45) is 2.97. The quantitative estimate of drug-likeness (QED) is 0.803. The van der Waals surface area contributed by atoms with Crippen LogP contribution >= 0.6 is 11.8 Å². The first-order chi connectivity index (χ1) is 6.77. The Morgan fingerprint density at radius 2 is 2.43 bits per heavy atom. The fraction of sp³-hybridized carbons (Fsp3) is 0.500. The molecule has 14 heavy (non-hydrogen) atoms. The highest BCUT2D eigenvalue weighted by atomic mass is 32.2. The number of pyridine rings is 1. The van der Waals surface area contributed by atoms with E-state index in [0.29, 0.717) is 6.04 Å². The summed E-state index contributed by atoms with van der Waals surface area (Å²) < 4.78 is 0. The number of aromatic nitrogens is 1. The molecule has 1 unspecified atom stereocenters. The third kappa shape index (κ3) is 1.95. The number of hydrogen-bond acceptors (Lipinski definition) is 4. The van der Waals surface area contributed by atoms with E-state index in [0.717, 1.165) is 11.5 Å². The number of nitrogens with two attached hydrogens (primary N) is 1. The summed E-state index contributed by atoms with van der Waals surface area (Å²) in [7, 11) is 2.11. The van der Waals surface area contributed by atoms with Crippen molar-refractivity contribution in [3.05, 3.63) is 18.3 Å². The van der Waals surface area contributed by atoms with Crippen molar-refractivity contribution in [2.24, 2.45) is 0 Å². The lowest BCUT2D eigenvalue weighted by atomic mass is 10.2. The molecule has 0 aromatic carbocycles. The Labute approximate surface area is 88.7 Å². The number of rotatable bonds is 2. The zero-order chi connectivity index (χ0) is 9.97. The smallest absolute Gasteiger partial charge is 0.128 e. The molecule has 1 aromatic rings. The third-order valence-electron chi connectivity index (χ3n) is 2.59. The van der Waals surface area contributed by atoms with Crippen LogP contribution in [0, 0.1) is 0 Å². The van der Waals surface area contributed by atoms with E-state index in [1.807, 2.05) is 23.9 Å². The topological polar surface area (TPSA) is 42.1 Å². The molecule has 1 aromatic heterocycles. The van der Waals surface area contributed by atoms with Gasteiger partial charge in [-0.1, -0.05) is 0 Å². The van der Waals surface area contributed by atoms with Gasteiger partial charge in [0.1, 0.15) is 5.82 Å². The second-order valence-electron chi connectivity index (χ2n) is 3.58. The highest BCUT2D eigenvalue weighted by molar-refractivity contribution is 7.99. The Kier molecular flexibility index (Phi) is 2.82. The Morgan fingerprint density at radius 1 is 1.57 bits per heavy atom. The van der Waals surface area contributed by atoms with Crippen LogP contribution in [-0.2, 0) is 0 Å². The molecule has 1 aliphatic heterocycles. The van der Waals surface area contributed by atoms with Gasteiger partial charge in [0.05, 0.1) is 11.9 Å². The Balaban J connectivity index is 2.09. The molecule has 1 atom stereocenters. The van der Waals surface area contributed by atoms with Gasteiger partial charge in [-0.25, -0.2) is 4.98 Å². The van der Waals surface area contributed by atoms with Crippen LogP contribution in [0.25, 0.3) is 0 Å². The van der Waals surface area contributed by atoms with E-state index in [4.69, 9.17) is 5.73 Å². The Bertz CT molecular complexity index is 293. The van der Waals surface area contributed by atoms with Crippen molar-refractivity contribution in [3.63, 3.8) is 0 Å². The van der Waals surface area contributed by atoms with Crippen LogP contribution in [0.4, 0.5) is 11.5 Å². The SMILES string of the molecule is CN(c1ccc(N)cn1)C1CCSC1. The van der Waals surface area contributed by atoms with Crippen molar-refractivity contribution in [1.82, 2.24) is 4.98 Å². The van der Waals surface area contributed by atoms with Gasteiger partial charge in [-0.3, -0.25) is 0 Å². The van der Waals surface area contributed by atoms with E-state index >= 15 is 0 Å². The zero-order valence-electron chi connectivity index (χ0n) is 8.31. The summed E-state index contributed by atoms with van der Waals surface area (Å²) in [4.78, 5) is 6.56. The van der Waals surface area contributed by atoms with Gasteiger partial charge in [-0.15, -0.1) is 0 Å². The van der Waals surface area contributed by atoms with Crippen molar-refractivity contribution in [1.29, 1.82) is 0 Å². The molecule has 0 aliphatic carbocycles. The van der Waals surface area contributed by atoms with Crippen molar-refractivity contribution < 1.29 is 0 Å². The molecule has 4 heteroatoms. The third-order valence-corrected chi connectivity index (χ3v) is 3.73. The van der Waals surface area contributed by atoms with Crippen LogP contribution in [0.1, 0.15) is 6.42 Å². The lowest BCUT2D eigenvalue weighted by Crippen LogP contribution is -2.31. The lowest BCUT2D eigenvalue weighted by Gasteiger charge is -2.24. The average molecular weight is 209 g/mol. The molecule has 76 valence electrons. The van der Waals surface area contributed by atoms with E-state index in [9.17, 15) is 0 Å². The molecule has 3 nitrogen and oxygen atoms in total. The van der Waals surface area contributed by atoms with Crippen molar-refractivity contribution in [2.75, 3.05) is 29.2 Å². The predicted octanol–water partition coefficient (Wildman–Crippen LogP) is 1.61. The van der Waals surface area contributed by atoms with E-state index in [2.05, 4.69) is 16.9 Å². The van der Waals surface area contributed by atoms with Gasteiger partial charge in [-0.2, -0.15) is 11.8 Å². The summed E-state index contributed by atoms with van der Waals surface area (Å²) >= 11 is 2.01. The predicted molar refractivity (Wildman–Crippen MR) is 62.8 cm³/mol. The van der Waals surface area contributed by atoms with Crippen LogP contribution in [0.2, 0.25) is 0 Å². The molecule has 0 radical (unpaired) electrons. The standard InChI is InChI=1S/C10H15N3S/c1-13(9-4-5-14-7-9)10-3-2-8(11)6-12-10/h2-3,6,9H,4-5,7,11H2,1H3. The van der Waals surface area contributed by atoms with Crippen LogP contribution in [-0.4, -0.2) is 29.6 Å². The van der Waals surface area contributed by atoms with E-state index in [-0.39, 0.29) is 0 Å². The maximum atomic E-state index is 5.60. The van der Waals surface area contributed by atoms with Gasteiger partial charge in [0.25, 0.3) is 0 Å². The van der Waals surface area contributed by atoms with Crippen molar-refractivity contribution in [2.45, 2.75) is 12.5 Å².